The van der Waals surface area contributed by atoms with Crippen LogP contribution in [0.4, 0.5) is 10.1 Å². The maximum Gasteiger partial charge on any atom is 0.272 e. The van der Waals surface area contributed by atoms with E-state index in [2.05, 4.69) is 10.3 Å². The first-order chi connectivity index (χ1) is 15.1. The number of hydrogen-bond acceptors (Lipinski definition) is 4. The maximum atomic E-state index is 13.3. The molecule has 3 aromatic rings. The van der Waals surface area contributed by atoms with E-state index in [0.29, 0.717) is 31.3 Å². The monoisotopic (exact) mass is 436 g/mol. The molecule has 1 aliphatic rings. The Morgan fingerprint density at radius 2 is 1.52 bits per heavy atom. The van der Waals surface area contributed by atoms with E-state index in [1.807, 2.05) is 59.5 Å². The van der Waals surface area contributed by atoms with Gasteiger partial charge in [-0.25, -0.2) is 4.98 Å². The molecule has 0 spiro atoms. The number of carbonyl (C=O) groups is 1. The quantitative estimate of drug-likeness (QED) is 0.489. The van der Waals surface area contributed by atoms with Crippen molar-refractivity contribution < 1.29 is 13.9 Å². The SMILES string of the molecule is O=C(c1cccc(F)n1)N1CCN(C(=S)Nc2ccc(Oc3ccccc3)cc2)CC1. The van der Waals surface area contributed by atoms with Gasteiger partial charge in [0.05, 0.1) is 0 Å². The number of pyridine rings is 1. The van der Waals surface area contributed by atoms with Crippen LogP contribution >= 0.6 is 12.2 Å². The molecular weight excluding hydrogens is 415 g/mol. The Kier molecular flexibility index (Phi) is 6.37. The van der Waals surface area contributed by atoms with Gasteiger partial charge < -0.3 is 19.9 Å². The average molecular weight is 437 g/mol. The summed E-state index contributed by atoms with van der Waals surface area (Å²) < 4.78 is 19.1. The summed E-state index contributed by atoms with van der Waals surface area (Å²) in [6.45, 7) is 2.15. The van der Waals surface area contributed by atoms with E-state index in [9.17, 15) is 9.18 Å². The van der Waals surface area contributed by atoms with Crippen LogP contribution in [0.15, 0.2) is 72.8 Å². The summed E-state index contributed by atoms with van der Waals surface area (Å²) in [5, 5.41) is 3.81. The number of nitrogens with one attached hydrogen (secondary N) is 1. The van der Waals surface area contributed by atoms with Gasteiger partial charge in [0.2, 0.25) is 5.95 Å². The summed E-state index contributed by atoms with van der Waals surface area (Å²) in [6.07, 6.45) is 0. The summed E-state index contributed by atoms with van der Waals surface area (Å²) in [6, 6.07) is 21.4. The minimum Gasteiger partial charge on any atom is -0.457 e. The molecule has 31 heavy (non-hydrogen) atoms. The average Bonchev–Trinajstić information content (AvgIpc) is 2.81. The van der Waals surface area contributed by atoms with Crippen LogP contribution in [-0.2, 0) is 0 Å². The van der Waals surface area contributed by atoms with Crippen molar-refractivity contribution in [3.63, 3.8) is 0 Å². The van der Waals surface area contributed by atoms with E-state index in [-0.39, 0.29) is 11.6 Å². The van der Waals surface area contributed by atoms with Crippen LogP contribution in [0.2, 0.25) is 0 Å². The van der Waals surface area contributed by atoms with Crippen LogP contribution in [0, 0.1) is 5.95 Å². The third kappa shape index (κ3) is 5.35. The fraction of sp³-hybridized carbons (Fsp3) is 0.174. The Morgan fingerprint density at radius 3 is 2.19 bits per heavy atom. The van der Waals surface area contributed by atoms with Gasteiger partial charge in [-0.1, -0.05) is 24.3 Å². The van der Waals surface area contributed by atoms with Crippen molar-refractivity contribution in [2.24, 2.45) is 0 Å². The summed E-state index contributed by atoms with van der Waals surface area (Å²) in [5.74, 6) is 0.586. The Labute approximate surface area is 185 Å². The summed E-state index contributed by atoms with van der Waals surface area (Å²) in [5.41, 5.74) is 0.972. The lowest BCUT2D eigenvalue weighted by molar-refractivity contribution is 0.0686. The summed E-state index contributed by atoms with van der Waals surface area (Å²) in [4.78, 5) is 19.8. The molecular formula is C23H21FN4O2S. The number of hydrogen-bond donors (Lipinski definition) is 1. The van der Waals surface area contributed by atoms with Gasteiger partial charge in [0, 0.05) is 31.9 Å². The predicted octanol–water partition coefficient (Wildman–Crippen LogP) is 4.17. The molecule has 1 N–H and O–H groups in total. The first-order valence-electron chi connectivity index (χ1n) is 9.89. The first kappa shape index (κ1) is 20.7. The number of para-hydroxylation sites is 1. The van der Waals surface area contributed by atoms with Gasteiger partial charge in [0.1, 0.15) is 17.2 Å². The molecule has 8 heteroatoms. The normalized spacial score (nSPS) is 13.6. The van der Waals surface area contributed by atoms with Crippen molar-refractivity contribution in [2.75, 3.05) is 31.5 Å². The lowest BCUT2D eigenvalue weighted by Gasteiger charge is -2.36. The molecule has 4 rings (SSSR count). The number of thiocarbonyl (C=S) groups is 1. The van der Waals surface area contributed by atoms with Crippen LogP contribution in [0.3, 0.4) is 0 Å². The summed E-state index contributed by atoms with van der Waals surface area (Å²) >= 11 is 5.53. The number of ether oxygens (including phenoxy) is 1. The molecule has 0 aliphatic carbocycles. The van der Waals surface area contributed by atoms with Gasteiger partial charge in [-0.15, -0.1) is 0 Å². The maximum absolute atomic E-state index is 13.3. The van der Waals surface area contributed by atoms with Crippen LogP contribution in [-0.4, -0.2) is 52.0 Å². The zero-order valence-electron chi connectivity index (χ0n) is 16.7. The number of nitrogens with zero attached hydrogens (tertiary/aromatic N) is 3. The van der Waals surface area contributed by atoms with Crippen LogP contribution in [0.1, 0.15) is 10.5 Å². The molecule has 2 heterocycles. The number of benzene rings is 2. The Bertz CT molecular complexity index is 1050. The highest BCUT2D eigenvalue weighted by molar-refractivity contribution is 7.80. The molecule has 0 unspecified atom stereocenters. The third-order valence-corrected chi connectivity index (χ3v) is 5.23. The fourth-order valence-corrected chi connectivity index (χ4v) is 3.54. The van der Waals surface area contributed by atoms with E-state index >= 15 is 0 Å². The van der Waals surface area contributed by atoms with Gasteiger partial charge >= 0.3 is 0 Å². The molecule has 1 aromatic heterocycles. The highest BCUT2D eigenvalue weighted by atomic mass is 32.1. The van der Waals surface area contributed by atoms with Crippen LogP contribution in [0.5, 0.6) is 11.5 Å². The van der Waals surface area contributed by atoms with Crippen molar-refractivity contribution in [3.05, 3.63) is 84.4 Å². The van der Waals surface area contributed by atoms with Crippen molar-refractivity contribution in [2.45, 2.75) is 0 Å². The van der Waals surface area contributed by atoms with Crippen molar-refractivity contribution in [1.29, 1.82) is 0 Å². The predicted molar refractivity (Wildman–Crippen MR) is 121 cm³/mol. The van der Waals surface area contributed by atoms with E-state index in [1.165, 1.54) is 18.2 Å². The van der Waals surface area contributed by atoms with E-state index in [4.69, 9.17) is 17.0 Å². The minimum absolute atomic E-state index is 0.118. The molecule has 1 fully saturated rings. The molecule has 2 aromatic carbocycles. The molecule has 0 saturated carbocycles. The molecule has 1 saturated heterocycles. The molecule has 6 nitrogen and oxygen atoms in total. The van der Waals surface area contributed by atoms with E-state index < -0.39 is 5.95 Å². The summed E-state index contributed by atoms with van der Waals surface area (Å²) in [7, 11) is 0. The van der Waals surface area contributed by atoms with E-state index in [0.717, 1.165) is 17.2 Å². The molecule has 1 amide bonds. The number of aromatic nitrogens is 1. The number of rotatable bonds is 4. The third-order valence-electron chi connectivity index (χ3n) is 4.87. The highest BCUT2D eigenvalue weighted by Crippen LogP contribution is 2.23. The molecule has 0 radical (unpaired) electrons. The highest BCUT2D eigenvalue weighted by Gasteiger charge is 2.24. The molecule has 1 aliphatic heterocycles. The molecule has 0 bridgehead atoms. The van der Waals surface area contributed by atoms with Crippen molar-refractivity contribution in [1.82, 2.24) is 14.8 Å². The lowest BCUT2D eigenvalue weighted by atomic mass is 10.2. The standard InChI is InChI=1S/C23H21FN4O2S/c24-21-8-4-7-20(26-21)22(29)27-13-15-28(16-14-27)23(31)25-17-9-11-19(12-10-17)30-18-5-2-1-3-6-18/h1-12H,13-16H2,(H,25,31). The van der Waals surface area contributed by atoms with Crippen LogP contribution in [0.25, 0.3) is 0 Å². The zero-order chi connectivity index (χ0) is 21.6. The largest absolute Gasteiger partial charge is 0.457 e. The number of amides is 1. The number of carbonyl (C=O) groups excluding carboxylic acids is 1. The number of anilines is 1. The molecule has 158 valence electrons. The second kappa shape index (κ2) is 9.53. The fourth-order valence-electron chi connectivity index (χ4n) is 3.24. The van der Waals surface area contributed by atoms with Crippen LogP contribution < -0.4 is 10.1 Å². The zero-order valence-corrected chi connectivity index (χ0v) is 17.5. The van der Waals surface area contributed by atoms with Gasteiger partial charge in [-0.2, -0.15) is 4.39 Å². The second-order valence-corrected chi connectivity index (χ2v) is 7.38. The van der Waals surface area contributed by atoms with Crippen molar-refractivity contribution in [3.8, 4) is 11.5 Å². The van der Waals surface area contributed by atoms with Gasteiger partial charge in [0.15, 0.2) is 5.11 Å². The van der Waals surface area contributed by atoms with Crippen molar-refractivity contribution >= 4 is 28.9 Å². The van der Waals surface area contributed by atoms with Gasteiger partial charge in [-0.05, 0) is 60.7 Å². The first-order valence-corrected chi connectivity index (χ1v) is 10.3. The minimum atomic E-state index is -0.657. The second-order valence-electron chi connectivity index (χ2n) is 6.99. The Hall–Kier alpha value is -3.52. The van der Waals surface area contributed by atoms with Gasteiger partial charge in [-0.3, -0.25) is 4.79 Å². The topological polar surface area (TPSA) is 57.7 Å². The number of halogens is 1. The lowest BCUT2D eigenvalue weighted by Crippen LogP contribution is -2.51. The Morgan fingerprint density at radius 1 is 0.871 bits per heavy atom. The molecule has 0 atom stereocenters. The number of piperazine rings is 1. The Balaban J connectivity index is 1.28. The van der Waals surface area contributed by atoms with Gasteiger partial charge in [0.25, 0.3) is 5.91 Å². The van der Waals surface area contributed by atoms with E-state index in [1.54, 1.807) is 4.90 Å². The smallest absolute Gasteiger partial charge is 0.272 e.